The van der Waals surface area contributed by atoms with Crippen molar-refractivity contribution in [2.75, 3.05) is 17.1 Å². The molecule has 0 aliphatic carbocycles. The SMILES string of the molecule is CNc1ccc(S(=O)(=O)Nc2cc(C)ccn2)cc1. The van der Waals surface area contributed by atoms with Crippen LogP contribution >= 0.6 is 0 Å². The Morgan fingerprint density at radius 3 is 2.37 bits per heavy atom. The van der Waals surface area contributed by atoms with Gasteiger partial charge in [-0.1, -0.05) is 0 Å². The van der Waals surface area contributed by atoms with Crippen LogP contribution < -0.4 is 10.0 Å². The molecule has 0 radical (unpaired) electrons. The topological polar surface area (TPSA) is 71.1 Å². The minimum absolute atomic E-state index is 0.204. The van der Waals surface area contributed by atoms with E-state index >= 15 is 0 Å². The van der Waals surface area contributed by atoms with E-state index in [0.717, 1.165) is 11.3 Å². The fourth-order valence-corrected chi connectivity index (χ4v) is 2.59. The third-order valence-corrected chi connectivity index (χ3v) is 3.98. The Labute approximate surface area is 112 Å². The van der Waals surface area contributed by atoms with E-state index in [1.165, 1.54) is 0 Å². The molecular weight excluding hydrogens is 262 g/mol. The lowest BCUT2D eigenvalue weighted by Crippen LogP contribution is -2.13. The molecule has 5 nitrogen and oxygen atoms in total. The summed E-state index contributed by atoms with van der Waals surface area (Å²) in [6.45, 7) is 1.88. The molecule has 2 N–H and O–H groups in total. The first-order chi connectivity index (χ1) is 9.01. The number of nitrogens with one attached hydrogen (secondary N) is 2. The molecule has 0 amide bonds. The average Bonchev–Trinajstić information content (AvgIpc) is 2.38. The number of anilines is 2. The van der Waals surface area contributed by atoms with Crippen LogP contribution in [0.2, 0.25) is 0 Å². The molecule has 1 aromatic heterocycles. The Morgan fingerprint density at radius 2 is 1.79 bits per heavy atom. The first kappa shape index (κ1) is 13.4. The predicted molar refractivity (Wildman–Crippen MR) is 75.8 cm³/mol. The highest BCUT2D eigenvalue weighted by Crippen LogP contribution is 2.17. The van der Waals surface area contributed by atoms with Gasteiger partial charge in [0.2, 0.25) is 0 Å². The van der Waals surface area contributed by atoms with Gasteiger partial charge in [0, 0.05) is 18.9 Å². The van der Waals surface area contributed by atoms with E-state index in [0.29, 0.717) is 5.82 Å². The molecule has 0 bridgehead atoms. The second-order valence-electron chi connectivity index (χ2n) is 4.10. The van der Waals surface area contributed by atoms with Crippen molar-refractivity contribution in [3.05, 3.63) is 48.2 Å². The lowest BCUT2D eigenvalue weighted by Gasteiger charge is -2.08. The van der Waals surface area contributed by atoms with Crippen LogP contribution in [0, 0.1) is 6.92 Å². The van der Waals surface area contributed by atoms with E-state index in [2.05, 4.69) is 15.0 Å². The molecule has 0 unspecified atom stereocenters. The molecule has 0 atom stereocenters. The number of rotatable bonds is 4. The molecule has 0 saturated carbocycles. The van der Waals surface area contributed by atoms with Crippen LogP contribution in [0.3, 0.4) is 0 Å². The van der Waals surface area contributed by atoms with Gasteiger partial charge in [-0.3, -0.25) is 4.72 Å². The summed E-state index contributed by atoms with van der Waals surface area (Å²) in [6.07, 6.45) is 1.57. The molecule has 0 saturated heterocycles. The summed E-state index contributed by atoms with van der Waals surface area (Å²) in [4.78, 5) is 4.18. The average molecular weight is 277 g/mol. The fourth-order valence-electron chi connectivity index (χ4n) is 1.59. The van der Waals surface area contributed by atoms with Gasteiger partial charge < -0.3 is 5.32 Å². The Kier molecular flexibility index (Phi) is 3.71. The van der Waals surface area contributed by atoms with Gasteiger partial charge in [0.25, 0.3) is 10.0 Å². The summed E-state index contributed by atoms with van der Waals surface area (Å²) in [5, 5.41) is 2.94. The smallest absolute Gasteiger partial charge is 0.263 e. The van der Waals surface area contributed by atoms with Crippen molar-refractivity contribution < 1.29 is 8.42 Å². The van der Waals surface area contributed by atoms with Gasteiger partial charge in [0.1, 0.15) is 5.82 Å². The zero-order valence-electron chi connectivity index (χ0n) is 10.7. The standard InChI is InChI=1S/C13H15N3O2S/c1-10-7-8-15-13(9-10)16-19(17,18)12-5-3-11(14-2)4-6-12/h3-9,14H,1-2H3,(H,15,16). The largest absolute Gasteiger partial charge is 0.388 e. The van der Waals surface area contributed by atoms with Gasteiger partial charge in [-0.2, -0.15) is 0 Å². The van der Waals surface area contributed by atoms with Crippen LogP contribution in [0.4, 0.5) is 11.5 Å². The molecule has 2 aromatic rings. The molecule has 1 heterocycles. The molecule has 0 aliphatic heterocycles. The van der Waals surface area contributed by atoms with Crippen LogP contribution in [-0.2, 0) is 10.0 Å². The van der Waals surface area contributed by atoms with E-state index in [4.69, 9.17) is 0 Å². The van der Waals surface area contributed by atoms with Crippen molar-refractivity contribution in [1.82, 2.24) is 4.98 Å². The predicted octanol–water partition coefficient (Wildman–Crippen LogP) is 2.23. The van der Waals surface area contributed by atoms with E-state index < -0.39 is 10.0 Å². The van der Waals surface area contributed by atoms with Gasteiger partial charge >= 0.3 is 0 Å². The van der Waals surface area contributed by atoms with Crippen molar-refractivity contribution >= 4 is 21.5 Å². The molecular formula is C13H15N3O2S. The van der Waals surface area contributed by atoms with E-state index in [1.807, 2.05) is 6.92 Å². The van der Waals surface area contributed by atoms with Gasteiger partial charge in [-0.05, 0) is 48.9 Å². The molecule has 0 spiro atoms. The molecule has 19 heavy (non-hydrogen) atoms. The summed E-state index contributed by atoms with van der Waals surface area (Å²) in [5.41, 5.74) is 1.80. The molecule has 0 fully saturated rings. The highest BCUT2D eigenvalue weighted by atomic mass is 32.2. The van der Waals surface area contributed by atoms with Gasteiger partial charge in [-0.25, -0.2) is 13.4 Å². The zero-order chi connectivity index (χ0) is 13.9. The summed E-state index contributed by atoms with van der Waals surface area (Å²) in [6, 6.07) is 9.99. The minimum Gasteiger partial charge on any atom is -0.388 e. The van der Waals surface area contributed by atoms with Crippen LogP contribution in [0.25, 0.3) is 0 Å². The quantitative estimate of drug-likeness (QED) is 0.899. The summed E-state index contributed by atoms with van der Waals surface area (Å²) in [7, 11) is -1.82. The number of pyridine rings is 1. The van der Waals surface area contributed by atoms with Gasteiger partial charge in [0.15, 0.2) is 0 Å². The van der Waals surface area contributed by atoms with Crippen molar-refractivity contribution in [1.29, 1.82) is 0 Å². The normalized spacial score (nSPS) is 11.1. The molecule has 0 aliphatic rings. The monoisotopic (exact) mass is 277 g/mol. The third kappa shape index (κ3) is 3.23. The van der Waals surface area contributed by atoms with Crippen molar-refractivity contribution in [3.63, 3.8) is 0 Å². The van der Waals surface area contributed by atoms with Crippen LogP contribution in [0.15, 0.2) is 47.5 Å². The maximum atomic E-state index is 12.1. The zero-order valence-corrected chi connectivity index (χ0v) is 11.5. The molecule has 100 valence electrons. The maximum absolute atomic E-state index is 12.1. The van der Waals surface area contributed by atoms with E-state index in [1.54, 1.807) is 49.6 Å². The lowest BCUT2D eigenvalue weighted by atomic mass is 10.3. The number of hydrogen-bond acceptors (Lipinski definition) is 4. The molecule has 1 aromatic carbocycles. The Morgan fingerprint density at radius 1 is 1.11 bits per heavy atom. The number of aromatic nitrogens is 1. The first-order valence-corrected chi connectivity index (χ1v) is 7.23. The summed E-state index contributed by atoms with van der Waals surface area (Å²) >= 11 is 0. The highest BCUT2D eigenvalue weighted by Gasteiger charge is 2.14. The number of aryl methyl sites for hydroxylation is 1. The maximum Gasteiger partial charge on any atom is 0.263 e. The molecule has 6 heteroatoms. The second kappa shape index (κ2) is 5.27. The minimum atomic E-state index is -3.60. The van der Waals surface area contributed by atoms with E-state index in [9.17, 15) is 8.42 Å². The molecule has 2 rings (SSSR count). The van der Waals surface area contributed by atoms with Crippen LogP contribution in [0.5, 0.6) is 0 Å². The number of benzene rings is 1. The van der Waals surface area contributed by atoms with Crippen LogP contribution in [-0.4, -0.2) is 20.4 Å². The first-order valence-electron chi connectivity index (χ1n) is 5.74. The number of sulfonamides is 1. The van der Waals surface area contributed by atoms with Crippen molar-refractivity contribution in [2.45, 2.75) is 11.8 Å². The highest BCUT2D eigenvalue weighted by molar-refractivity contribution is 7.92. The Hall–Kier alpha value is -2.08. The lowest BCUT2D eigenvalue weighted by molar-refractivity contribution is 0.601. The number of hydrogen-bond donors (Lipinski definition) is 2. The number of nitrogens with zero attached hydrogens (tertiary/aromatic N) is 1. The van der Waals surface area contributed by atoms with Crippen molar-refractivity contribution in [2.24, 2.45) is 0 Å². The summed E-state index contributed by atoms with van der Waals surface area (Å²) < 4.78 is 26.7. The van der Waals surface area contributed by atoms with E-state index in [-0.39, 0.29) is 4.90 Å². The fraction of sp³-hybridized carbons (Fsp3) is 0.154. The summed E-state index contributed by atoms with van der Waals surface area (Å²) in [5.74, 6) is 0.317. The van der Waals surface area contributed by atoms with Gasteiger partial charge in [-0.15, -0.1) is 0 Å². The van der Waals surface area contributed by atoms with Gasteiger partial charge in [0.05, 0.1) is 4.90 Å². The van der Waals surface area contributed by atoms with Crippen LogP contribution in [0.1, 0.15) is 5.56 Å². The Bertz CT molecular complexity index is 667. The Balaban J connectivity index is 2.27. The third-order valence-electron chi connectivity index (χ3n) is 2.61. The van der Waals surface area contributed by atoms with Crippen molar-refractivity contribution in [3.8, 4) is 0 Å². The second-order valence-corrected chi connectivity index (χ2v) is 5.78.